The first-order chi connectivity index (χ1) is 10.5. The summed E-state index contributed by atoms with van der Waals surface area (Å²) in [5.74, 6) is -1.42. The molecule has 1 aromatic carbocycles. The summed E-state index contributed by atoms with van der Waals surface area (Å²) in [5.41, 5.74) is 7.15. The number of nitrogens with zero attached hydrogens (tertiary/aromatic N) is 1. The second-order valence-corrected chi connectivity index (χ2v) is 6.11. The number of carboxylic acid groups (broad SMARTS) is 1. The summed E-state index contributed by atoms with van der Waals surface area (Å²) in [6.45, 7) is 0.555. The molecule has 1 heterocycles. The lowest BCUT2D eigenvalue weighted by atomic mass is 10.0. The third-order valence-corrected chi connectivity index (χ3v) is 4.01. The van der Waals surface area contributed by atoms with Crippen molar-refractivity contribution in [3.8, 4) is 0 Å². The molecule has 6 nitrogen and oxygen atoms in total. The largest absolute Gasteiger partial charge is 0.480 e. The summed E-state index contributed by atoms with van der Waals surface area (Å²) in [5, 5.41) is 11.5. The van der Waals surface area contributed by atoms with E-state index in [2.05, 4.69) is 26.2 Å². The minimum atomic E-state index is -0.978. The summed E-state index contributed by atoms with van der Waals surface area (Å²) in [6.07, 6.45) is 3.54. The molecule has 22 heavy (non-hydrogen) atoms. The fourth-order valence-corrected chi connectivity index (χ4v) is 2.65. The zero-order chi connectivity index (χ0) is 16.1. The summed E-state index contributed by atoms with van der Waals surface area (Å²) >= 11 is 3.40. The van der Waals surface area contributed by atoms with Crippen molar-refractivity contribution >= 4 is 39.7 Å². The highest BCUT2D eigenvalue weighted by Gasteiger charge is 2.28. The highest BCUT2D eigenvalue weighted by atomic mass is 79.9. The van der Waals surface area contributed by atoms with Crippen molar-refractivity contribution in [1.82, 2.24) is 0 Å². The highest BCUT2D eigenvalue weighted by molar-refractivity contribution is 9.10. The van der Waals surface area contributed by atoms with Gasteiger partial charge in [-0.25, -0.2) is 0 Å². The lowest BCUT2D eigenvalue weighted by Gasteiger charge is -2.05. The Morgan fingerprint density at radius 1 is 1.50 bits per heavy atom. The number of aliphatic imine (C=N–C) groups is 1. The molecule has 7 heteroatoms. The predicted molar refractivity (Wildman–Crippen MR) is 88.3 cm³/mol. The van der Waals surface area contributed by atoms with Gasteiger partial charge in [0.2, 0.25) is 5.91 Å². The molecule has 1 amide bonds. The third kappa shape index (κ3) is 4.14. The number of nitrogens with two attached hydrogens (primary N) is 1. The lowest BCUT2D eigenvalue weighted by Crippen LogP contribution is -2.29. The van der Waals surface area contributed by atoms with Crippen LogP contribution in [-0.2, 0) is 9.59 Å². The van der Waals surface area contributed by atoms with E-state index in [1.165, 1.54) is 0 Å². The number of carbonyl (C=O) groups excluding carboxylic acids is 1. The van der Waals surface area contributed by atoms with E-state index in [1.54, 1.807) is 6.21 Å². The molecule has 0 fully saturated rings. The second kappa shape index (κ2) is 7.51. The maximum Gasteiger partial charge on any atom is 0.320 e. The van der Waals surface area contributed by atoms with Crippen molar-refractivity contribution in [3.63, 3.8) is 0 Å². The molecule has 0 bridgehead atoms. The maximum atomic E-state index is 11.9. The Balaban J connectivity index is 1.83. The number of carboxylic acids is 1. The van der Waals surface area contributed by atoms with Crippen molar-refractivity contribution in [3.05, 3.63) is 28.2 Å². The number of hydrogen-bond acceptors (Lipinski definition) is 4. The van der Waals surface area contributed by atoms with Gasteiger partial charge in [0.15, 0.2) is 0 Å². The molecule has 2 atom stereocenters. The van der Waals surface area contributed by atoms with Crippen LogP contribution < -0.4 is 11.1 Å². The van der Waals surface area contributed by atoms with Crippen molar-refractivity contribution in [2.24, 2.45) is 10.7 Å². The molecule has 1 aromatic rings. The van der Waals surface area contributed by atoms with E-state index in [0.29, 0.717) is 19.4 Å². The van der Waals surface area contributed by atoms with Gasteiger partial charge in [-0.2, -0.15) is 0 Å². The predicted octanol–water partition coefficient (Wildman–Crippen LogP) is 2.14. The Kier molecular flexibility index (Phi) is 5.68. The van der Waals surface area contributed by atoms with Crippen molar-refractivity contribution in [2.75, 3.05) is 11.9 Å². The first-order valence-electron chi connectivity index (χ1n) is 7.07. The van der Waals surface area contributed by atoms with Crippen LogP contribution in [0, 0.1) is 0 Å². The molecule has 0 saturated carbocycles. The van der Waals surface area contributed by atoms with E-state index in [1.807, 2.05) is 18.2 Å². The SMILES string of the molecule is N[C@@H](CCCCN=CC1C(=O)Nc2ccc(Br)cc21)C(=O)O. The summed E-state index contributed by atoms with van der Waals surface area (Å²) in [6, 6.07) is 4.84. The lowest BCUT2D eigenvalue weighted by molar-refractivity contribution is -0.138. The van der Waals surface area contributed by atoms with Crippen LogP contribution >= 0.6 is 15.9 Å². The first kappa shape index (κ1) is 16.6. The van der Waals surface area contributed by atoms with Gasteiger partial charge in [-0.3, -0.25) is 14.6 Å². The topological polar surface area (TPSA) is 105 Å². The van der Waals surface area contributed by atoms with E-state index in [-0.39, 0.29) is 11.8 Å². The van der Waals surface area contributed by atoms with Gasteiger partial charge in [-0.05, 0) is 43.0 Å². The Morgan fingerprint density at radius 2 is 2.27 bits per heavy atom. The van der Waals surface area contributed by atoms with Crippen LogP contribution in [0.5, 0.6) is 0 Å². The van der Waals surface area contributed by atoms with Crippen LogP contribution in [-0.4, -0.2) is 35.8 Å². The molecular formula is C15H18BrN3O3. The Bertz CT molecular complexity index is 604. The summed E-state index contributed by atoms with van der Waals surface area (Å²) < 4.78 is 0.920. The second-order valence-electron chi connectivity index (χ2n) is 5.19. The normalized spacial score (nSPS) is 18.3. The number of carbonyl (C=O) groups is 2. The number of benzene rings is 1. The molecule has 4 N–H and O–H groups in total. The minimum absolute atomic E-state index is 0.0789. The molecule has 1 aliphatic rings. The van der Waals surface area contributed by atoms with Crippen LogP contribution in [0.25, 0.3) is 0 Å². The quantitative estimate of drug-likeness (QED) is 0.507. The molecule has 0 aromatic heterocycles. The van der Waals surface area contributed by atoms with Crippen LogP contribution in [0.3, 0.4) is 0 Å². The highest BCUT2D eigenvalue weighted by Crippen LogP contribution is 2.33. The number of halogens is 1. The maximum absolute atomic E-state index is 11.9. The monoisotopic (exact) mass is 367 g/mol. The van der Waals surface area contributed by atoms with E-state index in [0.717, 1.165) is 22.1 Å². The van der Waals surface area contributed by atoms with Gasteiger partial charge in [0.1, 0.15) is 12.0 Å². The fraction of sp³-hybridized carbons (Fsp3) is 0.400. The average Bonchev–Trinajstić information content (AvgIpc) is 2.77. The van der Waals surface area contributed by atoms with E-state index < -0.39 is 12.0 Å². The van der Waals surface area contributed by atoms with E-state index >= 15 is 0 Å². The Morgan fingerprint density at radius 3 is 3.00 bits per heavy atom. The Hall–Kier alpha value is -1.73. The van der Waals surface area contributed by atoms with Gasteiger partial charge in [-0.1, -0.05) is 15.9 Å². The average molecular weight is 368 g/mol. The van der Waals surface area contributed by atoms with Crippen molar-refractivity contribution in [1.29, 1.82) is 0 Å². The molecule has 0 radical (unpaired) electrons. The van der Waals surface area contributed by atoms with E-state index in [4.69, 9.17) is 10.8 Å². The first-order valence-corrected chi connectivity index (χ1v) is 7.87. The molecule has 0 aliphatic carbocycles. The minimum Gasteiger partial charge on any atom is -0.480 e. The molecule has 118 valence electrons. The zero-order valence-electron chi connectivity index (χ0n) is 12.0. The molecule has 1 aliphatic heterocycles. The van der Waals surface area contributed by atoms with Gasteiger partial charge < -0.3 is 16.2 Å². The van der Waals surface area contributed by atoms with E-state index in [9.17, 15) is 9.59 Å². The molecule has 0 saturated heterocycles. The van der Waals surface area contributed by atoms with Gasteiger partial charge in [0.25, 0.3) is 0 Å². The molecule has 0 spiro atoms. The van der Waals surface area contributed by atoms with Crippen molar-refractivity contribution < 1.29 is 14.7 Å². The number of unbranched alkanes of at least 4 members (excludes halogenated alkanes) is 1. The molecular weight excluding hydrogens is 350 g/mol. The standard InChI is InChI=1S/C15H18BrN3O3/c16-9-4-5-13-10(7-9)11(14(20)19-13)8-18-6-2-1-3-12(17)15(21)22/h4-5,7-8,11-12H,1-3,6,17H2,(H,19,20)(H,21,22)/t11?,12-/m0/s1. The van der Waals surface area contributed by atoms with Crippen LogP contribution in [0.15, 0.2) is 27.7 Å². The number of nitrogens with one attached hydrogen (secondary N) is 1. The fourth-order valence-electron chi connectivity index (χ4n) is 2.28. The third-order valence-electron chi connectivity index (χ3n) is 3.51. The smallest absolute Gasteiger partial charge is 0.320 e. The number of hydrogen-bond donors (Lipinski definition) is 3. The van der Waals surface area contributed by atoms with Gasteiger partial charge in [-0.15, -0.1) is 0 Å². The van der Waals surface area contributed by atoms with Gasteiger partial charge >= 0.3 is 5.97 Å². The number of amides is 1. The van der Waals surface area contributed by atoms with Gasteiger partial charge in [0.05, 0.1) is 0 Å². The Labute approximate surface area is 136 Å². The summed E-state index contributed by atoms with van der Waals surface area (Å²) in [4.78, 5) is 26.8. The summed E-state index contributed by atoms with van der Waals surface area (Å²) in [7, 11) is 0. The van der Waals surface area contributed by atoms with Crippen LogP contribution in [0.1, 0.15) is 30.7 Å². The number of anilines is 1. The number of fused-ring (bicyclic) bond motifs is 1. The molecule has 1 unspecified atom stereocenters. The van der Waals surface area contributed by atoms with Gasteiger partial charge in [0, 0.05) is 22.9 Å². The molecule has 2 rings (SSSR count). The zero-order valence-corrected chi connectivity index (χ0v) is 13.5. The van der Waals surface area contributed by atoms with Crippen molar-refractivity contribution in [2.45, 2.75) is 31.2 Å². The van der Waals surface area contributed by atoms with Crippen LogP contribution in [0.2, 0.25) is 0 Å². The van der Waals surface area contributed by atoms with Crippen LogP contribution in [0.4, 0.5) is 5.69 Å². The number of aliphatic carboxylic acids is 1. The number of rotatable bonds is 7.